The van der Waals surface area contributed by atoms with Crippen LogP contribution in [0.5, 0.6) is 0 Å². The van der Waals surface area contributed by atoms with Gasteiger partial charge < -0.3 is 24.9 Å². The van der Waals surface area contributed by atoms with Crippen LogP contribution in [0, 0.1) is 0 Å². The Labute approximate surface area is 151 Å². The van der Waals surface area contributed by atoms with Gasteiger partial charge in [0.1, 0.15) is 0 Å². The van der Waals surface area contributed by atoms with Gasteiger partial charge in [-0.15, -0.1) is 5.10 Å². The Morgan fingerprint density at radius 2 is 1.68 bits per heavy atom. The predicted octanol–water partition coefficient (Wildman–Crippen LogP) is 1.93. The van der Waals surface area contributed by atoms with Crippen LogP contribution in [0.2, 0.25) is 0 Å². The van der Waals surface area contributed by atoms with Gasteiger partial charge in [-0.25, -0.2) is 0 Å². The first-order valence-corrected chi connectivity index (χ1v) is 11.5. The zero-order valence-electron chi connectivity index (χ0n) is 14.7. The van der Waals surface area contributed by atoms with Crippen LogP contribution in [-0.4, -0.2) is 46.5 Å². The fourth-order valence-electron chi connectivity index (χ4n) is 1.11. The summed E-state index contributed by atoms with van der Waals surface area (Å²) >= 11 is 1.35. The third-order valence-corrected chi connectivity index (χ3v) is 8.24. The lowest BCUT2D eigenvalue weighted by Gasteiger charge is -2.29. The summed E-state index contributed by atoms with van der Waals surface area (Å²) in [7, 11) is -9.54. The molecule has 0 spiro atoms. The summed E-state index contributed by atoms with van der Waals surface area (Å²) in [5, 5.41) is 8.05. The van der Waals surface area contributed by atoms with Crippen LogP contribution in [0.4, 0.5) is 0 Å². The Morgan fingerprint density at radius 1 is 1.16 bits per heavy atom. The van der Waals surface area contributed by atoms with E-state index in [1.807, 2.05) is 19.2 Å². The number of amides is 1. The molecule has 0 aromatic carbocycles. The third kappa shape index (κ3) is 10.8. The van der Waals surface area contributed by atoms with Gasteiger partial charge in [0.05, 0.1) is 6.20 Å². The molecule has 1 amide bonds. The van der Waals surface area contributed by atoms with Crippen LogP contribution < -0.4 is 5.32 Å². The predicted molar refractivity (Wildman–Crippen MR) is 96.3 cm³/mol. The summed E-state index contributed by atoms with van der Waals surface area (Å²) < 4.78 is 25.0. The number of carbonyl (C=O) groups is 1. The number of hydrogen-bond acceptors (Lipinski definition) is 6. The molecule has 0 radical (unpaired) electrons. The molecular weight excluding hydrogens is 392 g/mol. The molecule has 0 unspecified atom stereocenters. The molecule has 148 valence electrons. The Kier molecular flexibility index (Phi) is 13.4. The third-order valence-electron chi connectivity index (χ3n) is 3.10. The lowest BCUT2D eigenvalue weighted by Crippen LogP contribution is -2.23. The van der Waals surface area contributed by atoms with Gasteiger partial charge in [0, 0.05) is 18.3 Å². The number of nitrogens with zero attached hydrogens (tertiary/aromatic N) is 2. The molecular formula is C12H27N3O7P2S. The molecule has 0 aliphatic rings. The molecule has 1 rings (SSSR count). The molecule has 1 aromatic rings. The maximum absolute atomic E-state index is 10.7. The van der Waals surface area contributed by atoms with E-state index in [4.69, 9.17) is 19.6 Å². The lowest BCUT2D eigenvalue weighted by molar-refractivity contribution is -0.120. The fourth-order valence-corrected chi connectivity index (χ4v) is 3.56. The monoisotopic (exact) mass is 419 g/mol. The quantitative estimate of drug-likeness (QED) is 0.432. The van der Waals surface area contributed by atoms with Crippen molar-refractivity contribution in [3.05, 3.63) is 11.6 Å². The Balaban J connectivity index is 0. The van der Waals surface area contributed by atoms with Crippen LogP contribution >= 0.6 is 26.7 Å². The molecule has 0 bridgehead atoms. The van der Waals surface area contributed by atoms with E-state index in [9.17, 15) is 13.9 Å². The van der Waals surface area contributed by atoms with Crippen molar-refractivity contribution < 1.29 is 33.5 Å². The molecule has 0 atom stereocenters. The zero-order chi connectivity index (χ0) is 20.1. The smallest absolute Gasteiger partial charge is 0.343 e. The van der Waals surface area contributed by atoms with Crippen molar-refractivity contribution in [2.45, 2.75) is 51.9 Å². The van der Waals surface area contributed by atoms with Crippen molar-refractivity contribution in [3.8, 4) is 0 Å². The number of rotatable bonds is 6. The molecule has 0 aliphatic heterocycles. The number of nitrogens with one attached hydrogen (secondary N) is 1. The molecule has 10 nitrogen and oxygen atoms in total. The lowest BCUT2D eigenvalue weighted by atomic mass is 10.4. The summed E-state index contributed by atoms with van der Waals surface area (Å²) in [5.74, 6) is 0.145. The van der Waals surface area contributed by atoms with E-state index >= 15 is 0 Å². The highest BCUT2D eigenvalue weighted by atomic mass is 32.1. The summed E-state index contributed by atoms with van der Waals surface area (Å²) in [4.78, 5) is 43.0. The van der Waals surface area contributed by atoms with E-state index < -0.39 is 20.1 Å². The summed E-state index contributed by atoms with van der Waals surface area (Å²) in [6.07, 6.45) is 3.00. The van der Waals surface area contributed by atoms with Crippen molar-refractivity contribution >= 4 is 32.6 Å². The number of aromatic nitrogens is 2. The average molecular weight is 419 g/mol. The minimum atomic E-state index is -4.77. The SMILES string of the molecule is CCC(C)(P(=O)(O)O)P(=O)(O)O.CCCNC(=O)CC.c1csnn1. The van der Waals surface area contributed by atoms with Crippen LogP contribution in [0.15, 0.2) is 11.6 Å². The van der Waals surface area contributed by atoms with Gasteiger partial charge in [0.25, 0.3) is 0 Å². The largest absolute Gasteiger partial charge is 0.356 e. The Hall–Kier alpha value is -0.670. The molecule has 0 saturated carbocycles. The van der Waals surface area contributed by atoms with Crippen molar-refractivity contribution in [2.75, 3.05) is 6.54 Å². The first-order valence-electron chi connectivity index (χ1n) is 7.46. The molecule has 0 saturated heterocycles. The van der Waals surface area contributed by atoms with Gasteiger partial charge in [-0.2, -0.15) is 0 Å². The van der Waals surface area contributed by atoms with Gasteiger partial charge in [-0.05, 0) is 31.3 Å². The Morgan fingerprint density at radius 3 is 1.84 bits per heavy atom. The topological polar surface area (TPSA) is 170 Å². The molecule has 1 aromatic heterocycles. The van der Waals surface area contributed by atoms with E-state index in [1.54, 1.807) is 6.20 Å². The van der Waals surface area contributed by atoms with E-state index in [-0.39, 0.29) is 12.3 Å². The second-order valence-corrected chi connectivity index (χ2v) is 10.1. The summed E-state index contributed by atoms with van der Waals surface area (Å²) in [5.41, 5.74) is 0. The minimum Gasteiger partial charge on any atom is -0.356 e. The van der Waals surface area contributed by atoms with Crippen LogP contribution in [0.3, 0.4) is 0 Å². The van der Waals surface area contributed by atoms with E-state index in [0.717, 1.165) is 19.9 Å². The zero-order valence-corrected chi connectivity index (χ0v) is 17.3. The number of hydrogen-bond donors (Lipinski definition) is 5. The van der Waals surface area contributed by atoms with Crippen LogP contribution in [-0.2, 0) is 13.9 Å². The van der Waals surface area contributed by atoms with Gasteiger partial charge in [-0.3, -0.25) is 13.9 Å². The van der Waals surface area contributed by atoms with Gasteiger partial charge in [-0.1, -0.05) is 25.3 Å². The average Bonchev–Trinajstić information content (AvgIpc) is 3.09. The van der Waals surface area contributed by atoms with Gasteiger partial charge in [0.15, 0.2) is 4.90 Å². The molecule has 1 heterocycles. The maximum atomic E-state index is 10.7. The highest BCUT2D eigenvalue weighted by molar-refractivity contribution is 7.72. The standard InChI is InChI=1S/C6H13NO.C4H12O6P2.C2H2N2S/c1-3-5-7-6(8)4-2;1-3-4(2,11(5,6)7)12(8,9)10;1-2-5-4-3-1/h3-5H2,1-2H3,(H,7,8);3H2,1-2H3,(H2,5,6,7)(H2,8,9,10);1-2H. The minimum absolute atomic E-state index is 0.145. The van der Waals surface area contributed by atoms with Crippen molar-refractivity contribution in [1.29, 1.82) is 0 Å². The maximum Gasteiger partial charge on any atom is 0.343 e. The second-order valence-electron chi connectivity index (χ2n) is 4.95. The normalized spacial score (nSPS) is 11.5. The van der Waals surface area contributed by atoms with E-state index in [1.165, 1.54) is 18.5 Å². The highest BCUT2D eigenvalue weighted by Crippen LogP contribution is 2.70. The molecule has 25 heavy (non-hydrogen) atoms. The Bertz CT molecular complexity index is 520. The van der Waals surface area contributed by atoms with E-state index in [2.05, 4.69) is 14.9 Å². The molecule has 0 aliphatic carbocycles. The van der Waals surface area contributed by atoms with Gasteiger partial charge in [0.2, 0.25) is 5.91 Å². The van der Waals surface area contributed by atoms with Crippen molar-refractivity contribution in [2.24, 2.45) is 0 Å². The van der Waals surface area contributed by atoms with Crippen molar-refractivity contribution in [3.63, 3.8) is 0 Å². The molecule has 5 N–H and O–H groups in total. The molecule has 0 fully saturated rings. The second kappa shape index (κ2) is 12.6. The first kappa shape index (κ1) is 26.6. The molecule has 13 heteroatoms. The van der Waals surface area contributed by atoms with Crippen LogP contribution in [0.25, 0.3) is 0 Å². The summed E-state index contributed by atoms with van der Waals surface area (Å²) in [6, 6.07) is 0. The first-order chi connectivity index (χ1) is 11.4. The number of carbonyl (C=O) groups excluding carboxylic acids is 1. The van der Waals surface area contributed by atoms with Gasteiger partial charge >= 0.3 is 15.2 Å². The fraction of sp³-hybridized carbons (Fsp3) is 0.750. The summed E-state index contributed by atoms with van der Waals surface area (Å²) in [6.45, 7) is 6.90. The van der Waals surface area contributed by atoms with Crippen molar-refractivity contribution in [1.82, 2.24) is 14.9 Å². The highest BCUT2D eigenvalue weighted by Gasteiger charge is 2.54. The van der Waals surface area contributed by atoms with E-state index in [0.29, 0.717) is 6.42 Å². The van der Waals surface area contributed by atoms with Crippen LogP contribution in [0.1, 0.15) is 47.0 Å².